The molecule has 0 unspecified atom stereocenters. The minimum Gasteiger partial charge on any atom is -0.504 e. The fourth-order valence-corrected chi connectivity index (χ4v) is 4.26. The Labute approximate surface area is 146 Å². The van der Waals surface area contributed by atoms with E-state index in [2.05, 4.69) is 11.4 Å². The zero-order valence-electron chi connectivity index (χ0n) is 13.7. The predicted molar refractivity (Wildman–Crippen MR) is 96.0 cm³/mol. The van der Waals surface area contributed by atoms with Crippen molar-refractivity contribution in [3.63, 3.8) is 0 Å². The van der Waals surface area contributed by atoms with Crippen molar-refractivity contribution in [2.75, 3.05) is 6.54 Å². The number of aromatic hydroxyl groups is 2. The van der Waals surface area contributed by atoms with Crippen LogP contribution in [-0.2, 0) is 19.3 Å². The van der Waals surface area contributed by atoms with Crippen molar-refractivity contribution in [3.8, 4) is 11.5 Å². The van der Waals surface area contributed by atoms with Gasteiger partial charge in [0.15, 0.2) is 11.5 Å². The molecule has 0 saturated heterocycles. The Morgan fingerprint density at radius 2 is 1.83 bits per heavy atom. The molecule has 1 aliphatic rings. The maximum absolute atomic E-state index is 12.4. The number of benzene rings is 1. The molecule has 0 aliphatic heterocycles. The van der Waals surface area contributed by atoms with Gasteiger partial charge in [-0.25, -0.2) is 0 Å². The first-order valence-corrected chi connectivity index (χ1v) is 9.36. The molecular formula is C19H23NO3S. The number of rotatable bonds is 4. The summed E-state index contributed by atoms with van der Waals surface area (Å²) in [7, 11) is 0. The maximum atomic E-state index is 12.4. The van der Waals surface area contributed by atoms with E-state index in [-0.39, 0.29) is 17.4 Å². The van der Waals surface area contributed by atoms with Crippen LogP contribution < -0.4 is 5.32 Å². The summed E-state index contributed by atoms with van der Waals surface area (Å²) in [5.74, 6) is -0.273. The first-order valence-electron chi connectivity index (χ1n) is 8.54. The molecular weight excluding hydrogens is 322 g/mol. The third kappa shape index (κ3) is 4.09. The van der Waals surface area contributed by atoms with Crippen LogP contribution in [0.15, 0.2) is 24.3 Å². The number of aryl methyl sites for hydroxylation is 2. The van der Waals surface area contributed by atoms with Crippen molar-refractivity contribution >= 4 is 17.2 Å². The average Bonchev–Trinajstić information content (AvgIpc) is 2.93. The van der Waals surface area contributed by atoms with Gasteiger partial charge in [-0.1, -0.05) is 18.9 Å². The first-order chi connectivity index (χ1) is 11.6. The van der Waals surface area contributed by atoms with Crippen LogP contribution in [0.4, 0.5) is 0 Å². The minimum atomic E-state index is -0.128. The number of nitrogens with one attached hydrogen (secondary N) is 1. The van der Waals surface area contributed by atoms with Crippen LogP contribution in [0.5, 0.6) is 11.5 Å². The molecule has 0 spiro atoms. The van der Waals surface area contributed by atoms with Gasteiger partial charge in [0, 0.05) is 11.4 Å². The highest BCUT2D eigenvalue weighted by Gasteiger charge is 2.15. The molecule has 0 atom stereocenters. The lowest BCUT2D eigenvalue weighted by Crippen LogP contribution is -2.24. The number of hydrogen-bond donors (Lipinski definition) is 3. The van der Waals surface area contributed by atoms with Crippen molar-refractivity contribution in [1.29, 1.82) is 0 Å². The Balaban J connectivity index is 1.56. The normalized spacial score (nSPS) is 14.5. The maximum Gasteiger partial charge on any atom is 0.261 e. The van der Waals surface area contributed by atoms with Crippen LogP contribution >= 0.6 is 11.3 Å². The third-order valence-electron chi connectivity index (χ3n) is 4.46. The zero-order valence-corrected chi connectivity index (χ0v) is 14.5. The van der Waals surface area contributed by atoms with E-state index in [1.54, 1.807) is 17.4 Å². The number of carbonyl (C=O) groups excluding carboxylic acids is 1. The number of amides is 1. The molecule has 5 heteroatoms. The summed E-state index contributed by atoms with van der Waals surface area (Å²) in [6.45, 7) is 0.506. The van der Waals surface area contributed by atoms with Crippen LogP contribution in [0.2, 0.25) is 0 Å². The standard InChI is InChI=1S/C19H23NO3S/c21-15-8-7-13(11-16(15)22)9-10-20-19(23)18-12-14-5-3-1-2-4-6-17(14)24-18/h7-8,11-12,21-22H,1-6,9-10H2,(H,20,23). The molecule has 1 aromatic heterocycles. The molecule has 128 valence electrons. The van der Waals surface area contributed by atoms with E-state index in [1.807, 2.05) is 0 Å². The molecule has 2 aromatic rings. The van der Waals surface area contributed by atoms with E-state index in [1.165, 1.54) is 48.3 Å². The van der Waals surface area contributed by atoms with Gasteiger partial charge in [0.25, 0.3) is 5.91 Å². The van der Waals surface area contributed by atoms with E-state index in [4.69, 9.17) is 0 Å². The quantitative estimate of drug-likeness (QED) is 0.739. The largest absolute Gasteiger partial charge is 0.504 e. The number of phenols is 2. The summed E-state index contributed by atoms with van der Waals surface area (Å²) in [6.07, 6.45) is 7.82. The van der Waals surface area contributed by atoms with E-state index < -0.39 is 0 Å². The average molecular weight is 345 g/mol. The second-order valence-corrected chi connectivity index (χ2v) is 7.44. The van der Waals surface area contributed by atoms with Gasteiger partial charge in [-0.15, -0.1) is 11.3 Å². The number of carbonyl (C=O) groups is 1. The van der Waals surface area contributed by atoms with Crippen LogP contribution in [0, 0.1) is 0 Å². The predicted octanol–water partition coefficient (Wildman–Crippen LogP) is 3.79. The number of phenolic OH excluding ortho intramolecular Hbond substituents is 2. The van der Waals surface area contributed by atoms with E-state index in [9.17, 15) is 15.0 Å². The molecule has 0 radical (unpaired) electrons. The van der Waals surface area contributed by atoms with Crippen molar-refractivity contribution in [2.24, 2.45) is 0 Å². The highest BCUT2D eigenvalue weighted by Crippen LogP contribution is 2.28. The molecule has 0 saturated carbocycles. The topological polar surface area (TPSA) is 69.6 Å². The molecule has 0 bridgehead atoms. The summed E-state index contributed by atoms with van der Waals surface area (Å²) < 4.78 is 0. The van der Waals surface area contributed by atoms with E-state index in [0.717, 1.165) is 23.3 Å². The van der Waals surface area contributed by atoms with Gasteiger partial charge in [0.2, 0.25) is 0 Å². The first kappa shape index (κ1) is 16.8. The summed E-state index contributed by atoms with van der Waals surface area (Å²) >= 11 is 1.63. The third-order valence-corrected chi connectivity index (χ3v) is 5.70. The number of thiophene rings is 1. The van der Waals surface area contributed by atoms with Crippen molar-refractivity contribution in [2.45, 2.75) is 44.9 Å². The molecule has 3 rings (SSSR count). The van der Waals surface area contributed by atoms with E-state index >= 15 is 0 Å². The lowest BCUT2D eigenvalue weighted by molar-refractivity contribution is 0.0958. The summed E-state index contributed by atoms with van der Waals surface area (Å²) in [5.41, 5.74) is 2.23. The lowest BCUT2D eigenvalue weighted by Gasteiger charge is -2.07. The summed E-state index contributed by atoms with van der Waals surface area (Å²) in [6, 6.07) is 6.80. The summed E-state index contributed by atoms with van der Waals surface area (Å²) in [4.78, 5) is 14.5. The highest BCUT2D eigenvalue weighted by molar-refractivity contribution is 7.14. The Bertz CT molecular complexity index is 698. The second-order valence-electron chi connectivity index (χ2n) is 6.30. The molecule has 0 fully saturated rings. The molecule has 24 heavy (non-hydrogen) atoms. The van der Waals surface area contributed by atoms with Gasteiger partial charge < -0.3 is 15.5 Å². The van der Waals surface area contributed by atoms with Gasteiger partial charge >= 0.3 is 0 Å². The van der Waals surface area contributed by atoms with Crippen molar-refractivity contribution in [3.05, 3.63) is 45.1 Å². The Kier molecular flexibility index (Phi) is 5.41. The monoisotopic (exact) mass is 345 g/mol. The Morgan fingerprint density at radius 3 is 2.62 bits per heavy atom. The van der Waals surface area contributed by atoms with Crippen molar-refractivity contribution in [1.82, 2.24) is 5.32 Å². The Morgan fingerprint density at radius 1 is 1.04 bits per heavy atom. The number of fused-ring (bicyclic) bond motifs is 1. The minimum absolute atomic E-state index is 0.0188. The van der Waals surface area contributed by atoms with Crippen LogP contribution in [0.1, 0.15) is 51.4 Å². The van der Waals surface area contributed by atoms with Gasteiger partial charge in [0.1, 0.15) is 0 Å². The molecule has 1 amide bonds. The van der Waals surface area contributed by atoms with Crippen LogP contribution in [0.3, 0.4) is 0 Å². The van der Waals surface area contributed by atoms with Gasteiger partial charge in [0.05, 0.1) is 4.88 Å². The second kappa shape index (κ2) is 7.71. The lowest BCUT2D eigenvalue weighted by atomic mass is 10.00. The molecule has 4 nitrogen and oxygen atoms in total. The summed E-state index contributed by atoms with van der Waals surface area (Å²) in [5, 5.41) is 21.7. The van der Waals surface area contributed by atoms with Gasteiger partial charge in [-0.05, 0) is 61.4 Å². The van der Waals surface area contributed by atoms with Crippen LogP contribution in [0.25, 0.3) is 0 Å². The van der Waals surface area contributed by atoms with Crippen LogP contribution in [-0.4, -0.2) is 22.7 Å². The highest BCUT2D eigenvalue weighted by atomic mass is 32.1. The molecule has 1 heterocycles. The molecule has 1 aromatic carbocycles. The van der Waals surface area contributed by atoms with Gasteiger partial charge in [-0.3, -0.25) is 4.79 Å². The molecule has 1 aliphatic carbocycles. The zero-order chi connectivity index (χ0) is 16.9. The van der Waals surface area contributed by atoms with Gasteiger partial charge in [-0.2, -0.15) is 0 Å². The fourth-order valence-electron chi connectivity index (χ4n) is 3.09. The fraction of sp³-hybridized carbons (Fsp3) is 0.421. The smallest absolute Gasteiger partial charge is 0.261 e. The SMILES string of the molecule is O=C(NCCc1ccc(O)c(O)c1)c1cc2c(s1)CCCCCC2. The number of hydrogen-bond acceptors (Lipinski definition) is 4. The molecule has 3 N–H and O–H groups in total. The van der Waals surface area contributed by atoms with Crippen molar-refractivity contribution < 1.29 is 15.0 Å². The van der Waals surface area contributed by atoms with E-state index in [0.29, 0.717) is 13.0 Å². The Hall–Kier alpha value is -2.01.